The fourth-order valence-electron chi connectivity index (χ4n) is 4.13. The predicted molar refractivity (Wildman–Crippen MR) is 121 cm³/mol. The smallest absolute Gasteiger partial charge is 0.350 e. The van der Waals surface area contributed by atoms with Crippen LogP contribution >= 0.6 is 11.3 Å². The second kappa shape index (κ2) is 9.08. The minimum absolute atomic E-state index is 0.281. The number of nitrogens with zero attached hydrogens (tertiary/aromatic N) is 2. The molecule has 1 saturated carbocycles. The van der Waals surface area contributed by atoms with Crippen molar-refractivity contribution in [1.82, 2.24) is 9.38 Å². The predicted octanol–water partition coefficient (Wildman–Crippen LogP) is 5.69. The zero-order valence-corrected chi connectivity index (χ0v) is 18.7. The molecule has 0 radical (unpaired) electrons. The van der Waals surface area contributed by atoms with Crippen molar-refractivity contribution < 1.29 is 14.3 Å². The molecule has 6 nitrogen and oxygen atoms in total. The number of aryl methyl sites for hydroxylation is 1. The summed E-state index contributed by atoms with van der Waals surface area (Å²) in [6, 6.07) is 8.38. The van der Waals surface area contributed by atoms with Crippen LogP contribution in [0.1, 0.15) is 60.8 Å². The highest BCUT2D eigenvalue weighted by atomic mass is 32.1. The number of carbonyl (C=O) groups excluding carboxylic acids is 1. The van der Waals surface area contributed by atoms with Gasteiger partial charge in [0.2, 0.25) is 0 Å². The van der Waals surface area contributed by atoms with E-state index in [9.17, 15) is 4.79 Å². The summed E-state index contributed by atoms with van der Waals surface area (Å²) in [5.41, 5.74) is 2.81. The first-order valence-corrected chi connectivity index (χ1v) is 11.5. The molecule has 1 aliphatic carbocycles. The first-order chi connectivity index (χ1) is 14.6. The minimum Gasteiger partial charge on any atom is -0.497 e. The first-order valence-electron chi connectivity index (χ1n) is 10.7. The second-order valence-electron chi connectivity index (χ2n) is 7.73. The summed E-state index contributed by atoms with van der Waals surface area (Å²) >= 11 is 1.39. The number of imidazole rings is 1. The van der Waals surface area contributed by atoms with E-state index in [2.05, 4.69) is 9.72 Å². The molecule has 0 saturated heterocycles. The molecular weight excluding hydrogens is 398 g/mol. The summed E-state index contributed by atoms with van der Waals surface area (Å²) in [6.07, 6.45) is 7.40. The van der Waals surface area contributed by atoms with Gasteiger partial charge < -0.3 is 14.8 Å². The number of rotatable bonds is 6. The molecule has 0 bridgehead atoms. The molecule has 1 aromatic carbocycles. The number of thiazole rings is 1. The number of hydrogen-bond acceptors (Lipinski definition) is 6. The molecule has 0 unspecified atom stereocenters. The highest BCUT2D eigenvalue weighted by Gasteiger charge is 2.25. The van der Waals surface area contributed by atoms with E-state index in [-0.39, 0.29) is 5.97 Å². The van der Waals surface area contributed by atoms with Crippen LogP contribution in [-0.4, -0.2) is 35.1 Å². The van der Waals surface area contributed by atoms with Crippen LogP contribution in [0, 0.1) is 6.92 Å². The fraction of sp³-hybridized carbons (Fsp3) is 0.478. The van der Waals surface area contributed by atoms with E-state index in [1.54, 1.807) is 7.11 Å². The number of esters is 1. The Morgan fingerprint density at radius 2 is 1.90 bits per heavy atom. The van der Waals surface area contributed by atoms with E-state index in [0.717, 1.165) is 46.3 Å². The van der Waals surface area contributed by atoms with Gasteiger partial charge in [-0.3, -0.25) is 4.40 Å². The number of aromatic nitrogens is 2. The van der Waals surface area contributed by atoms with Gasteiger partial charge in [-0.25, -0.2) is 9.78 Å². The van der Waals surface area contributed by atoms with E-state index in [1.165, 1.54) is 37.0 Å². The molecule has 0 aliphatic heterocycles. The van der Waals surface area contributed by atoms with E-state index in [4.69, 9.17) is 14.5 Å². The molecule has 1 fully saturated rings. The van der Waals surface area contributed by atoms with Crippen molar-refractivity contribution in [3.63, 3.8) is 0 Å². The zero-order valence-electron chi connectivity index (χ0n) is 17.9. The minimum atomic E-state index is -0.281. The van der Waals surface area contributed by atoms with Crippen LogP contribution in [-0.2, 0) is 4.74 Å². The van der Waals surface area contributed by atoms with Crippen molar-refractivity contribution in [3.8, 4) is 17.0 Å². The Bertz CT molecular complexity index is 1010. The van der Waals surface area contributed by atoms with E-state index in [1.807, 2.05) is 38.1 Å². The largest absolute Gasteiger partial charge is 0.497 e. The monoisotopic (exact) mass is 427 g/mol. The molecule has 0 atom stereocenters. The summed E-state index contributed by atoms with van der Waals surface area (Å²) in [5.74, 6) is 1.50. The lowest BCUT2D eigenvalue weighted by atomic mass is 10.1. The summed E-state index contributed by atoms with van der Waals surface area (Å²) in [5, 5.41) is 3.79. The van der Waals surface area contributed by atoms with Gasteiger partial charge in [-0.2, -0.15) is 0 Å². The topological polar surface area (TPSA) is 64.9 Å². The highest BCUT2D eigenvalue weighted by Crippen LogP contribution is 2.36. The molecule has 3 aromatic rings. The van der Waals surface area contributed by atoms with Crippen LogP contribution < -0.4 is 10.1 Å². The van der Waals surface area contributed by atoms with E-state index in [0.29, 0.717) is 17.5 Å². The van der Waals surface area contributed by atoms with Crippen LogP contribution in [0.15, 0.2) is 24.3 Å². The van der Waals surface area contributed by atoms with Gasteiger partial charge in [0.25, 0.3) is 0 Å². The number of methoxy groups -OCH3 is 1. The zero-order chi connectivity index (χ0) is 21.1. The quantitative estimate of drug-likeness (QED) is 0.404. The molecule has 7 heteroatoms. The van der Waals surface area contributed by atoms with Gasteiger partial charge in [-0.15, -0.1) is 0 Å². The van der Waals surface area contributed by atoms with Crippen molar-refractivity contribution in [3.05, 3.63) is 34.8 Å². The Morgan fingerprint density at radius 3 is 2.53 bits per heavy atom. The molecule has 0 amide bonds. The third-order valence-electron chi connectivity index (χ3n) is 5.72. The third kappa shape index (κ3) is 4.03. The number of benzene rings is 1. The van der Waals surface area contributed by atoms with Crippen molar-refractivity contribution in [1.29, 1.82) is 0 Å². The molecule has 2 heterocycles. The summed E-state index contributed by atoms with van der Waals surface area (Å²) in [4.78, 5) is 18.8. The van der Waals surface area contributed by atoms with Crippen LogP contribution in [0.4, 0.5) is 5.82 Å². The van der Waals surface area contributed by atoms with Crippen molar-refractivity contribution in [2.75, 3.05) is 19.0 Å². The summed E-state index contributed by atoms with van der Waals surface area (Å²) in [6.45, 7) is 4.16. The average molecular weight is 428 g/mol. The van der Waals surface area contributed by atoms with Crippen LogP contribution in [0.25, 0.3) is 16.2 Å². The Morgan fingerprint density at radius 1 is 1.20 bits per heavy atom. The van der Waals surface area contributed by atoms with Gasteiger partial charge >= 0.3 is 5.97 Å². The van der Waals surface area contributed by atoms with Crippen molar-refractivity contribution in [2.45, 2.75) is 58.4 Å². The lowest BCUT2D eigenvalue weighted by molar-refractivity contribution is 0.0531. The Hall–Kier alpha value is -2.54. The molecule has 30 heavy (non-hydrogen) atoms. The molecule has 0 spiro atoms. The third-order valence-corrected chi connectivity index (χ3v) is 6.85. The van der Waals surface area contributed by atoms with Gasteiger partial charge in [0.05, 0.1) is 13.7 Å². The maximum Gasteiger partial charge on any atom is 0.350 e. The molecule has 4 rings (SSSR count). The number of fused-ring (bicyclic) bond motifs is 1. The number of carbonyl (C=O) groups is 1. The van der Waals surface area contributed by atoms with Crippen LogP contribution in [0.2, 0.25) is 0 Å². The molecule has 1 aliphatic rings. The summed E-state index contributed by atoms with van der Waals surface area (Å²) in [7, 11) is 1.67. The molecule has 160 valence electrons. The van der Waals surface area contributed by atoms with E-state index < -0.39 is 0 Å². The molecule has 1 N–H and O–H groups in total. The number of hydrogen-bond donors (Lipinski definition) is 1. The van der Waals surface area contributed by atoms with Gasteiger partial charge in [0.1, 0.15) is 22.1 Å². The molecule has 2 aromatic heterocycles. The lowest BCUT2D eigenvalue weighted by Gasteiger charge is -2.19. The number of ether oxygens (including phenoxy) is 2. The Kier molecular flexibility index (Phi) is 6.27. The first kappa shape index (κ1) is 20.7. The van der Waals surface area contributed by atoms with Crippen molar-refractivity contribution >= 4 is 28.1 Å². The lowest BCUT2D eigenvalue weighted by Crippen LogP contribution is -2.20. The van der Waals surface area contributed by atoms with Crippen molar-refractivity contribution in [2.24, 2.45) is 0 Å². The SMILES string of the molecule is CCOC(=O)c1sc2nc(-c3ccc(OC)cc3)c(NC3CCCCCC3)n2c1C. The number of anilines is 1. The van der Waals surface area contributed by atoms with E-state index >= 15 is 0 Å². The van der Waals surface area contributed by atoms with Crippen LogP contribution in [0.3, 0.4) is 0 Å². The van der Waals surface area contributed by atoms with Crippen LogP contribution in [0.5, 0.6) is 5.75 Å². The normalized spacial score (nSPS) is 15.2. The fourth-order valence-corrected chi connectivity index (χ4v) is 5.15. The maximum absolute atomic E-state index is 12.4. The molecular formula is C23H29N3O3S. The van der Waals surface area contributed by atoms with Gasteiger partial charge in [-0.1, -0.05) is 37.0 Å². The summed E-state index contributed by atoms with van der Waals surface area (Å²) < 4.78 is 12.6. The Labute approximate surface area is 181 Å². The van der Waals surface area contributed by atoms with Gasteiger partial charge in [-0.05, 0) is 51.0 Å². The standard InChI is InChI=1S/C23H29N3O3S/c1-4-29-22(27)20-15(2)26-21(24-17-9-7-5-6-8-10-17)19(25-23(26)30-20)16-11-13-18(28-3)14-12-16/h11-14,17,24H,4-10H2,1-3H3. The van der Waals surface area contributed by atoms with Gasteiger partial charge in [0, 0.05) is 17.3 Å². The number of nitrogens with one attached hydrogen (secondary N) is 1. The average Bonchev–Trinajstić information content (AvgIpc) is 3.13. The highest BCUT2D eigenvalue weighted by molar-refractivity contribution is 7.19. The maximum atomic E-state index is 12.4. The second-order valence-corrected chi connectivity index (χ2v) is 8.70. The van der Waals surface area contributed by atoms with Gasteiger partial charge in [0.15, 0.2) is 4.96 Å². The Balaban J connectivity index is 1.79.